The van der Waals surface area contributed by atoms with Gasteiger partial charge in [-0.15, -0.1) is 0 Å². The molecule has 0 aliphatic carbocycles. The quantitative estimate of drug-likeness (QED) is 0.737. The molecule has 0 bridgehead atoms. The molecule has 0 amide bonds. The Hall–Kier alpha value is -0.860. The number of hydrogen-bond donors (Lipinski definition) is 2. The van der Waals surface area contributed by atoms with Gasteiger partial charge in [0.25, 0.3) is 0 Å². The largest absolute Gasteiger partial charge is 0.175 e. The molecule has 19 heavy (non-hydrogen) atoms. The molecule has 100 valence electrons. The fourth-order valence-electron chi connectivity index (χ4n) is 2.22. The molecule has 0 N–H and O–H groups in total. The van der Waals surface area contributed by atoms with E-state index in [4.69, 9.17) is 0 Å². The van der Waals surface area contributed by atoms with Crippen LogP contribution in [0.4, 0.5) is 0 Å². The number of hydrogen-bond acceptors (Lipinski definition) is 2. The van der Waals surface area contributed by atoms with E-state index in [1.807, 2.05) is 0 Å². The number of rotatable bonds is 4. The Morgan fingerprint density at radius 2 is 1.00 bits per heavy atom. The van der Waals surface area contributed by atoms with Crippen molar-refractivity contribution in [3.8, 4) is 0 Å². The highest BCUT2D eigenvalue weighted by atomic mass is 32.1. The predicted molar refractivity (Wildman–Crippen MR) is 90.4 cm³/mol. The Labute approximate surface area is 127 Å². The molecule has 0 radical (unpaired) electrons. The molecule has 0 aliphatic heterocycles. The minimum Gasteiger partial charge on any atom is -0.175 e. The monoisotopic (exact) mass is 288 g/mol. The summed E-state index contributed by atoms with van der Waals surface area (Å²) in [6, 6.07) is 17.5. The van der Waals surface area contributed by atoms with E-state index in [1.54, 1.807) is 0 Å². The van der Waals surface area contributed by atoms with Gasteiger partial charge in [0, 0.05) is 16.9 Å². The van der Waals surface area contributed by atoms with Gasteiger partial charge in [0.15, 0.2) is 0 Å². The first-order valence-electron chi connectivity index (χ1n) is 6.48. The van der Waals surface area contributed by atoms with Gasteiger partial charge < -0.3 is 0 Å². The van der Waals surface area contributed by atoms with Crippen molar-refractivity contribution >= 4 is 25.3 Å². The third-order valence-corrected chi connectivity index (χ3v) is 4.45. The maximum atomic E-state index is 4.30. The molecule has 2 rings (SSSR count). The molecule has 2 heteroatoms. The zero-order valence-corrected chi connectivity index (χ0v) is 13.2. The summed E-state index contributed by atoms with van der Waals surface area (Å²) < 4.78 is 0. The Bertz CT molecular complexity index is 475. The zero-order chi connectivity index (χ0) is 13.9. The third-order valence-electron chi connectivity index (χ3n) is 3.72. The van der Waals surface area contributed by atoms with Crippen LogP contribution in [0.1, 0.15) is 36.1 Å². The molecule has 2 aromatic carbocycles. The van der Waals surface area contributed by atoms with Gasteiger partial charge in [-0.2, -0.15) is 25.3 Å². The second-order valence-electron chi connectivity index (χ2n) is 5.34. The van der Waals surface area contributed by atoms with Crippen molar-refractivity contribution in [2.45, 2.75) is 30.8 Å². The molecule has 0 fully saturated rings. The van der Waals surface area contributed by atoms with Crippen LogP contribution in [0.2, 0.25) is 0 Å². The minimum absolute atomic E-state index is 0.0181. The lowest BCUT2D eigenvalue weighted by Crippen LogP contribution is -2.18. The van der Waals surface area contributed by atoms with Crippen LogP contribution in [0.15, 0.2) is 48.5 Å². The summed E-state index contributed by atoms with van der Waals surface area (Å²) in [7, 11) is 0. The fraction of sp³-hybridized carbons (Fsp3) is 0.294. The number of benzene rings is 2. The first-order valence-corrected chi connectivity index (χ1v) is 7.75. The van der Waals surface area contributed by atoms with Gasteiger partial charge in [0.2, 0.25) is 0 Å². The van der Waals surface area contributed by atoms with Crippen molar-refractivity contribution in [2.24, 2.45) is 0 Å². The van der Waals surface area contributed by atoms with Gasteiger partial charge in [0.1, 0.15) is 0 Å². The molecule has 0 nitrogen and oxygen atoms in total. The van der Waals surface area contributed by atoms with Gasteiger partial charge in [-0.05, 0) is 22.3 Å². The van der Waals surface area contributed by atoms with Crippen molar-refractivity contribution < 1.29 is 0 Å². The smallest absolute Gasteiger partial charge is 0.0154 e. The van der Waals surface area contributed by atoms with Crippen LogP contribution in [-0.4, -0.2) is 0 Å². The van der Waals surface area contributed by atoms with Crippen molar-refractivity contribution in [3.05, 3.63) is 70.8 Å². The SMILES string of the molecule is CC(C)(c1ccc(CS)cc1)c1ccc(CS)cc1. The van der Waals surface area contributed by atoms with Crippen molar-refractivity contribution in [2.75, 3.05) is 0 Å². The predicted octanol–water partition coefficient (Wildman–Crippen LogP) is 4.87. The Morgan fingerprint density at radius 1 is 0.684 bits per heavy atom. The van der Waals surface area contributed by atoms with Crippen molar-refractivity contribution in [1.82, 2.24) is 0 Å². The normalized spacial score (nSPS) is 11.6. The van der Waals surface area contributed by atoms with E-state index >= 15 is 0 Å². The van der Waals surface area contributed by atoms with E-state index in [1.165, 1.54) is 22.3 Å². The standard InChI is InChI=1S/C17H20S2/c1-17(2,15-7-3-13(11-18)4-8-15)16-9-5-14(12-19)6-10-16/h3-10,18-19H,11-12H2,1-2H3. The highest BCUT2D eigenvalue weighted by Crippen LogP contribution is 2.31. The van der Waals surface area contributed by atoms with Crippen molar-refractivity contribution in [3.63, 3.8) is 0 Å². The molecule has 0 heterocycles. The van der Waals surface area contributed by atoms with E-state index in [9.17, 15) is 0 Å². The molecular formula is C17H20S2. The van der Waals surface area contributed by atoms with Crippen molar-refractivity contribution in [1.29, 1.82) is 0 Å². The summed E-state index contributed by atoms with van der Waals surface area (Å²) in [5.41, 5.74) is 5.19. The summed E-state index contributed by atoms with van der Waals surface area (Å²) in [5, 5.41) is 0. The maximum absolute atomic E-state index is 4.30. The first-order chi connectivity index (χ1) is 9.07. The zero-order valence-electron chi connectivity index (χ0n) is 11.4. The second kappa shape index (κ2) is 6.06. The van der Waals surface area contributed by atoms with Gasteiger partial charge in [-0.3, -0.25) is 0 Å². The van der Waals surface area contributed by atoms with Gasteiger partial charge in [0.05, 0.1) is 0 Å². The van der Waals surface area contributed by atoms with E-state index in [0.29, 0.717) is 0 Å². The van der Waals surface area contributed by atoms with Crippen LogP contribution in [0.3, 0.4) is 0 Å². The summed E-state index contributed by atoms with van der Waals surface area (Å²) in [4.78, 5) is 0. The average Bonchev–Trinajstić information content (AvgIpc) is 2.47. The van der Waals surface area contributed by atoms with Crippen LogP contribution in [0, 0.1) is 0 Å². The minimum atomic E-state index is 0.0181. The van der Waals surface area contributed by atoms with Crippen LogP contribution in [0.25, 0.3) is 0 Å². The van der Waals surface area contributed by atoms with Crippen LogP contribution in [0.5, 0.6) is 0 Å². The van der Waals surface area contributed by atoms with E-state index < -0.39 is 0 Å². The van der Waals surface area contributed by atoms with E-state index in [-0.39, 0.29) is 5.41 Å². The highest BCUT2D eigenvalue weighted by Gasteiger charge is 2.22. The second-order valence-corrected chi connectivity index (χ2v) is 5.97. The molecule has 0 spiro atoms. The molecule has 0 aromatic heterocycles. The van der Waals surface area contributed by atoms with E-state index in [0.717, 1.165) is 11.5 Å². The maximum Gasteiger partial charge on any atom is 0.0154 e. The molecule has 0 atom stereocenters. The lowest BCUT2D eigenvalue weighted by Gasteiger charge is -2.26. The van der Waals surface area contributed by atoms with Gasteiger partial charge in [-0.1, -0.05) is 62.4 Å². The summed E-state index contributed by atoms with van der Waals surface area (Å²) >= 11 is 8.60. The third kappa shape index (κ3) is 3.18. The number of thiol groups is 2. The lowest BCUT2D eigenvalue weighted by molar-refractivity contribution is 0.640. The first kappa shape index (κ1) is 14.5. The topological polar surface area (TPSA) is 0 Å². The highest BCUT2D eigenvalue weighted by molar-refractivity contribution is 7.79. The molecule has 2 aromatic rings. The van der Waals surface area contributed by atoms with Crippen LogP contribution >= 0.6 is 25.3 Å². The Morgan fingerprint density at radius 3 is 1.26 bits per heavy atom. The molecular weight excluding hydrogens is 268 g/mol. The van der Waals surface area contributed by atoms with Gasteiger partial charge >= 0.3 is 0 Å². The molecule has 0 aliphatic rings. The van der Waals surface area contributed by atoms with Gasteiger partial charge in [-0.25, -0.2) is 0 Å². The average molecular weight is 288 g/mol. The Balaban J connectivity index is 2.33. The summed E-state index contributed by atoms with van der Waals surface area (Å²) in [6.45, 7) is 4.52. The van der Waals surface area contributed by atoms with Crippen LogP contribution < -0.4 is 0 Å². The fourth-order valence-corrected chi connectivity index (χ4v) is 2.64. The molecule has 0 saturated heterocycles. The van der Waals surface area contributed by atoms with E-state index in [2.05, 4.69) is 87.6 Å². The van der Waals surface area contributed by atoms with Crippen LogP contribution in [-0.2, 0) is 16.9 Å². The lowest BCUT2D eigenvalue weighted by atomic mass is 9.78. The molecule has 0 saturated carbocycles. The summed E-state index contributed by atoms with van der Waals surface area (Å²) in [6.07, 6.45) is 0. The Kier molecular flexibility index (Phi) is 4.64. The molecule has 0 unspecified atom stereocenters. The summed E-state index contributed by atoms with van der Waals surface area (Å²) in [5.74, 6) is 1.58.